The van der Waals surface area contributed by atoms with Crippen LogP contribution in [0.15, 0.2) is 108 Å². The Morgan fingerprint density at radius 1 is 0.595 bits per heavy atom. The minimum absolute atomic E-state index is 0.00312. The van der Waals surface area contributed by atoms with Gasteiger partial charge in [0.2, 0.25) is 5.89 Å². The molecule has 210 valence electrons. The summed E-state index contributed by atoms with van der Waals surface area (Å²) < 4.78 is 6.15. The van der Waals surface area contributed by atoms with Crippen LogP contribution in [0.5, 0.6) is 5.75 Å². The van der Waals surface area contributed by atoms with Crippen LogP contribution in [0.1, 0.15) is 52.7 Å². The first-order valence-corrected chi connectivity index (χ1v) is 14.4. The third-order valence-corrected chi connectivity index (χ3v) is 7.76. The highest BCUT2D eigenvalue weighted by molar-refractivity contribution is 5.94. The van der Waals surface area contributed by atoms with Crippen LogP contribution in [0.25, 0.3) is 56.1 Å². The number of para-hydroxylation sites is 2. The van der Waals surface area contributed by atoms with Crippen LogP contribution < -0.4 is 0 Å². The van der Waals surface area contributed by atoms with E-state index in [0.717, 1.165) is 33.5 Å². The molecule has 0 amide bonds. The molecular formula is C38H36N2O2. The van der Waals surface area contributed by atoms with E-state index < -0.39 is 0 Å². The molecule has 0 radical (unpaired) electrons. The van der Waals surface area contributed by atoms with Crippen molar-refractivity contribution in [2.75, 3.05) is 0 Å². The number of pyridine rings is 1. The summed E-state index contributed by atoms with van der Waals surface area (Å²) in [4.78, 5) is 9.56. The number of hydrogen-bond acceptors (Lipinski definition) is 4. The molecule has 0 fully saturated rings. The van der Waals surface area contributed by atoms with Crippen molar-refractivity contribution in [3.05, 3.63) is 114 Å². The summed E-state index contributed by atoms with van der Waals surface area (Å²) >= 11 is 0. The Bertz CT molecular complexity index is 1870. The zero-order chi connectivity index (χ0) is 29.6. The lowest BCUT2D eigenvalue weighted by molar-refractivity contribution is 0.474. The molecule has 42 heavy (non-hydrogen) atoms. The summed E-state index contributed by atoms with van der Waals surface area (Å²) in [6.07, 6.45) is 1.83. The molecule has 0 aliphatic heterocycles. The standard InChI is InChI=1S/C38H36N2O2/c1-37(2,3)28-21-25(22-29(23-28)38(4,5)6)24-18-26(20-27(19-24)32-14-9-10-17-39-32)30-13-11-16-34-35(30)40-36(42-34)31-12-7-8-15-33(31)41/h7-23,41H,1-6H3. The second-order valence-corrected chi connectivity index (χ2v) is 13.0. The molecule has 2 heterocycles. The molecule has 0 unspecified atom stereocenters. The molecule has 6 aromatic rings. The quantitative estimate of drug-likeness (QED) is 0.236. The molecule has 2 aromatic heterocycles. The number of aromatic hydroxyl groups is 1. The summed E-state index contributed by atoms with van der Waals surface area (Å²) in [5.41, 5.74) is 10.8. The molecule has 0 aliphatic carbocycles. The largest absolute Gasteiger partial charge is 0.507 e. The predicted molar refractivity (Wildman–Crippen MR) is 173 cm³/mol. The number of fused-ring (bicyclic) bond motifs is 1. The zero-order valence-corrected chi connectivity index (χ0v) is 25.1. The monoisotopic (exact) mass is 552 g/mol. The van der Waals surface area contributed by atoms with E-state index >= 15 is 0 Å². The molecule has 0 atom stereocenters. The molecule has 0 aliphatic rings. The fourth-order valence-electron chi connectivity index (χ4n) is 5.24. The molecule has 4 aromatic carbocycles. The highest BCUT2D eigenvalue weighted by Gasteiger charge is 2.22. The Morgan fingerprint density at radius 3 is 1.88 bits per heavy atom. The molecule has 4 nitrogen and oxygen atoms in total. The van der Waals surface area contributed by atoms with E-state index in [9.17, 15) is 5.11 Å². The Labute approximate surface area is 247 Å². The molecule has 0 saturated heterocycles. The van der Waals surface area contributed by atoms with Crippen molar-refractivity contribution in [3.63, 3.8) is 0 Å². The Morgan fingerprint density at radius 2 is 1.21 bits per heavy atom. The molecule has 4 heteroatoms. The van der Waals surface area contributed by atoms with Gasteiger partial charge in [-0.25, -0.2) is 4.98 Å². The summed E-state index contributed by atoms with van der Waals surface area (Å²) in [6.45, 7) is 13.6. The van der Waals surface area contributed by atoms with Gasteiger partial charge in [0.05, 0.1) is 11.3 Å². The minimum Gasteiger partial charge on any atom is -0.507 e. The van der Waals surface area contributed by atoms with E-state index in [-0.39, 0.29) is 16.6 Å². The summed E-state index contributed by atoms with van der Waals surface area (Å²) in [5, 5.41) is 10.5. The van der Waals surface area contributed by atoms with Crippen LogP contribution in [0.4, 0.5) is 0 Å². The van der Waals surface area contributed by atoms with E-state index in [2.05, 4.69) is 89.0 Å². The van der Waals surface area contributed by atoms with Crippen molar-refractivity contribution < 1.29 is 9.52 Å². The van der Waals surface area contributed by atoms with E-state index in [1.54, 1.807) is 12.1 Å². The Kier molecular flexibility index (Phi) is 6.73. The van der Waals surface area contributed by atoms with Crippen LogP contribution in [0.3, 0.4) is 0 Å². The van der Waals surface area contributed by atoms with Crippen molar-refractivity contribution in [1.82, 2.24) is 9.97 Å². The third kappa shape index (κ3) is 5.33. The van der Waals surface area contributed by atoms with Gasteiger partial charge in [0.1, 0.15) is 11.3 Å². The average Bonchev–Trinajstić information content (AvgIpc) is 3.41. The lowest BCUT2D eigenvalue weighted by atomic mass is 9.78. The maximum atomic E-state index is 10.5. The first-order chi connectivity index (χ1) is 20.0. The SMILES string of the molecule is CC(C)(C)c1cc(-c2cc(-c3ccccn3)cc(-c3cccc4oc(-c5ccccc5O)nc34)c2)cc(C(C)(C)C)c1. The second-order valence-electron chi connectivity index (χ2n) is 13.0. The number of benzene rings is 4. The van der Waals surface area contributed by atoms with E-state index in [0.29, 0.717) is 17.0 Å². The van der Waals surface area contributed by atoms with E-state index in [4.69, 9.17) is 9.40 Å². The van der Waals surface area contributed by atoms with Gasteiger partial charge < -0.3 is 9.52 Å². The van der Waals surface area contributed by atoms with Crippen molar-refractivity contribution in [3.8, 4) is 50.7 Å². The molecule has 1 N–H and O–H groups in total. The summed E-state index contributed by atoms with van der Waals surface area (Å²) in [6, 6.07) is 32.7. The highest BCUT2D eigenvalue weighted by Crippen LogP contribution is 2.40. The van der Waals surface area contributed by atoms with Gasteiger partial charge >= 0.3 is 0 Å². The maximum absolute atomic E-state index is 10.5. The van der Waals surface area contributed by atoms with E-state index in [1.807, 2.05) is 48.7 Å². The fraction of sp³-hybridized carbons (Fsp3) is 0.211. The third-order valence-electron chi connectivity index (χ3n) is 7.76. The van der Waals surface area contributed by atoms with Crippen LogP contribution >= 0.6 is 0 Å². The normalized spacial score (nSPS) is 12.1. The summed E-state index contributed by atoms with van der Waals surface area (Å²) in [5.74, 6) is 0.530. The Balaban J connectivity index is 1.59. The fourth-order valence-corrected chi connectivity index (χ4v) is 5.24. The number of rotatable bonds is 4. The molecule has 6 rings (SSSR count). The first-order valence-electron chi connectivity index (χ1n) is 14.4. The van der Waals surface area contributed by atoms with Crippen LogP contribution in [-0.4, -0.2) is 15.1 Å². The minimum atomic E-state index is 0.00312. The van der Waals surface area contributed by atoms with Gasteiger partial charge in [0.15, 0.2) is 5.58 Å². The maximum Gasteiger partial charge on any atom is 0.231 e. The topological polar surface area (TPSA) is 59.2 Å². The van der Waals surface area contributed by atoms with Crippen molar-refractivity contribution in [2.24, 2.45) is 0 Å². The average molecular weight is 553 g/mol. The Hall–Kier alpha value is -4.70. The van der Waals surface area contributed by atoms with Crippen molar-refractivity contribution >= 4 is 11.1 Å². The molecule has 0 spiro atoms. The lowest BCUT2D eigenvalue weighted by Crippen LogP contribution is -2.16. The highest BCUT2D eigenvalue weighted by atomic mass is 16.3. The van der Waals surface area contributed by atoms with Crippen molar-refractivity contribution in [1.29, 1.82) is 0 Å². The van der Waals surface area contributed by atoms with Crippen LogP contribution in [0, 0.1) is 0 Å². The van der Waals surface area contributed by atoms with Gasteiger partial charge in [-0.05, 0) is 87.2 Å². The molecule has 0 saturated carbocycles. The number of oxazole rings is 1. The van der Waals surface area contributed by atoms with Gasteiger partial charge in [-0.3, -0.25) is 4.98 Å². The number of phenolic OH excluding ortho intramolecular Hbond substituents is 1. The van der Waals surface area contributed by atoms with Gasteiger partial charge in [-0.2, -0.15) is 0 Å². The molecule has 0 bridgehead atoms. The second kappa shape index (κ2) is 10.3. The van der Waals surface area contributed by atoms with Gasteiger partial charge in [0, 0.05) is 17.3 Å². The smallest absolute Gasteiger partial charge is 0.231 e. The lowest BCUT2D eigenvalue weighted by Gasteiger charge is -2.26. The number of aromatic nitrogens is 2. The molecular weight excluding hydrogens is 516 g/mol. The predicted octanol–water partition coefficient (Wildman–Crippen LogP) is 10.2. The zero-order valence-electron chi connectivity index (χ0n) is 25.1. The number of phenols is 1. The van der Waals surface area contributed by atoms with Crippen molar-refractivity contribution in [2.45, 2.75) is 52.4 Å². The van der Waals surface area contributed by atoms with Crippen LogP contribution in [0.2, 0.25) is 0 Å². The number of nitrogens with zero attached hydrogens (tertiary/aromatic N) is 2. The van der Waals surface area contributed by atoms with Gasteiger partial charge in [0.25, 0.3) is 0 Å². The van der Waals surface area contributed by atoms with Crippen LogP contribution in [-0.2, 0) is 10.8 Å². The van der Waals surface area contributed by atoms with Gasteiger partial charge in [-0.1, -0.05) is 90.1 Å². The number of hydrogen-bond donors (Lipinski definition) is 1. The van der Waals surface area contributed by atoms with E-state index in [1.165, 1.54) is 16.7 Å². The summed E-state index contributed by atoms with van der Waals surface area (Å²) in [7, 11) is 0. The first kappa shape index (κ1) is 27.5. The van der Waals surface area contributed by atoms with Gasteiger partial charge in [-0.15, -0.1) is 0 Å².